The maximum absolute atomic E-state index is 11.8. The number of nitrogens with one attached hydrogen (secondary N) is 1. The molecule has 1 aromatic rings. The van der Waals surface area contributed by atoms with Gasteiger partial charge >= 0.3 is 0 Å². The second kappa shape index (κ2) is 5.18. The highest BCUT2D eigenvalue weighted by Crippen LogP contribution is 2.18. The molecule has 0 radical (unpaired) electrons. The summed E-state index contributed by atoms with van der Waals surface area (Å²) in [6, 6.07) is 5.15. The lowest BCUT2D eigenvalue weighted by molar-refractivity contribution is -0.116. The first-order valence-electron chi connectivity index (χ1n) is 6.02. The smallest absolute Gasteiger partial charge is 0.239 e. The van der Waals surface area contributed by atoms with Crippen molar-refractivity contribution in [2.75, 3.05) is 29.9 Å². The number of benzene rings is 1. The Morgan fingerprint density at radius 3 is 2.79 bits per heavy atom. The van der Waals surface area contributed by atoms with E-state index in [1.54, 1.807) is 18.2 Å². The van der Waals surface area contributed by atoms with Crippen molar-refractivity contribution in [3.8, 4) is 0 Å². The second-order valence-electron chi connectivity index (χ2n) is 4.63. The highest BCUT2D eigenvalue weighted by molar-refractivity contribution is 7.89. The van der Waals surface area contributed by atoms with Gasteiger partial charge in [-0.05, 0) is 37.1 Å². The van der Waals surface area contributed by atoms with E-state index in [4.69, 9.17) is 5.73 Å². The van der Waals surface area contributed by atoms with Gasteiger partial charge in [0.25, 0.3) is 0 Å². The van der Waals surface area contributed by atoms with Crippen LogP contribution < -0.4 is 11.1 Å². The molecule has 1 aromatic carbocycles. The predicted octanol–water partition coefficient (Wildman–Crippen LogP) is 0.551. The first-order chi connectivity index (χ1) is 8.88. The molecule has 0 atom stereocenters. The number of aryl methyl sites for hydroxylation is 1. The van der Waals surface area contributed by atoms with Crippen LogP contribution in [-0.2, 0) is 14.8 Å². The van der Waals surface area contributed by atoms with Crippen molar-refractivity contribution in [3.63, 3.8) is 0 Å². The number of hydrogen-bond acceptors (Lipinski definition) is 4. The number of nitrogens with two attached hydrogens (primary N) is 1. The average Bonchev–Trinajstić information content (AvgIpc) is 2.62. The zero-order valence-electron chi connectivity index (χ0n) is 10.7. The molecule has 19 heavy (non-hydrogen) atoms. The highest BCUT2D eigenvalue weighted by atomic mass is 32.2. The number of carbonyl (C=O) groups is 1. The van der Waals surface area contributed by atoms with Crippen LogP contribution in [-0.4, -0.2) is 37.5 Å². The Morgan fingerprint density at radius 1 is 1.47 bits per heavy atom. The van der Waals surface area contributed by atoms with Crippen LogP contribution in [0.3, 0.4) is 0 Å². The molecule has 1 fully saturated rings. The summed E-state index contributed by atoms with van der Waals surface area (Å²) in [5.41, 5.74) is 7.74. The summed E-state index contributed by atoms with van der Waals surface area (Å²) in [5.74, 6) is -0.209. The number of nitrogen functional groups attached to an aromatic ring is 1. The molecular formula is C12H17N3O3S. The van der Waals surface area contributed by atoms with E-state index in [1.165, 1.54) is 4.31 Å². The SMILES string of the molecule is Cc1cc(N)ccc1NC(=O)CN1CCCS1(=O)=O. The lowest BCUT2D eigenvalue weighted by atomic mass is 10.2. The fourth-order valence-corrected chi connectivity index (χ4v) is 3.52. The van der Waals surface area contributed by atoms with Crippen molar-refractivity contribution < 1.29 is 13.2 Å². The Balaban J connectivity index is 2.02. The van der Waals surface area contributed by atoms with Crippen molar-refractivity contribution in [1.82, 2.24) is 4.31 Å². The molecule has 7 heteroatoms. The van der Waals surface area contributed by atoms with E-state index in [0.717, 1.165) is 5.56 Å². The van der Waals surface area contributed by atoms with E-state index in [9.17, 15) is 13.2 Å². The monoisotopic (exact) mass is 283 g/mol. The third-order valence-corrected chi connectivity index (χ3v) is 4.95. The Morgan fingerprint density at radius 2 is 2.21 bits per heavy atom. The molecule has 0 aromatic heterocycles. The minimum absolute atomic E-state index is 0.126. The summed E-state index contributed by atoms with van der Waals surface area (Å²) >= 11 is 0. The van der Waals surface area contributed by atoms with Crippen LogP contribution >= 0.6 is 0 Å². The van der Waals surface area contributed by atoms with E-state index in [1.807, 2.05) is 6.92 Å². The predicted molar refractivity (Wildman–Crippen MR) is 74.2 cm³/mol. The summed E-state index contributed by atoms with van der Waals surface area (Å²) in [5, 5.41) is 2.70. The largest absolute Gasteiger partial charge is 0.399 e. The van der Waals surface area contributed by atoms with Gasteiger partial charge in [0, 0.05) is 17.9 Å². The summed E-state index contributed by atoms with van der Waals surface area (Å²) in [6.45, 7) is 2.11. The first kappa shape index (κ1) is 13.8. The molecule has 0 bridgehead atoms. The molecule has 0 saturated carbocycles. The number of nitrogens with zero attached hydrogens (tertiary/aromatic N) is 1. The minimum atomic E-state index is -3.24. The summed E-state index contributed by atoms with van der Waals surface area (Å²) in [4.78, 5) is 11.8. The summed E-state index contributed by atoms with van der Waals surface area (Å²) in [7, 11) is -3.24. The average molecular weight is 283 g/mol. The maximum atomic E-state index is 11.8. The van der Waals surface area contributed by atoms with Gasteiger partial charge in [0.1, 0.15) is 0 Å². The molecule has 3 N–H and O–H groups in total. The van der Waals surface area contributed by atoms with Gasteiger partial charge in [-0.2, -0.15) is 4.31 Å². The van der Waals surface area contributed by atoms with Crippen molar-refractivity contribution in [3.05, 3.63) is 23.8 Å². The van der Waals surface area contributed by atoms with Crippen molar-refractivity contribution in [2.45, 2.75) is 13.3 Å². The van der Waals surface area contributed by atoms with Crippen LogP contribution in [0.2, 0.25) is 0 Å². The topological polar surface area (TPSA) is 92.5 Å². The number of sulfonamides is 1. The number of anilines is 2. The molecule has 0 unspecified atom stereocenters. The van der Waals surface area contributed by atoms with Crippen molar-refractivity contribution in [2.24, 2.45) is 0 Å². The van der Waals surface area contributed by atoms with E-state index < -0.39 is 10.0 Å². The van der Waals surface area contributed by atoms with Gasteiger partial charge < -0.3 is 11.1 Å². The number of carbonyl (C=O) groups excluding carboxylic acids is 1. The van der Waals surface area contributed by atoms with Gasteiger partial charge in [-0.3, -0.25) is 4.79 Å². The zero-order valence-corrected chi connectivity index (χ0v) is 11.5. The summed E-state index contributed by atoms with van der Waals surface area (Å²) < 4.78 is 24.4. The van der Waals surface area contributed by atoms with Gasteiger partial charge in [-0.1, -0.05) is 0 Å². The molecule has 1 saturated heterocycles. The number of amides is 1. The molecule has 1 heterocycles. The normalized spacial score (nSPS) is 18.4. The Labute approximate surface area is 112 Å². The molecule has 1 aliphatic heterocycles. The molecule has 0 spiro atoms. The molecule has 2 rings (SSSR count). The third-order valence-electron chi connectivity index (χ3n) is 3.05. The van der Waals surface area contributed by atoms with Crippen molar-refractivity contribution >= 4 is 27.3 Å². The highest BCUT2D eigenvalue weighted by Gasteiger charge is 2.29. The fourth-order valence-electron chi connectivity index (χ4n) is 2.05. The van der Waals surface area contributed by atoms with Crippen LogP contribution in [0.5, 0.6) is 0 Å². The Bertz CT molecular complexity index is 598. The van der Waals surface area contributed by atoms with Crippen LogP contribution in [0, 0.1) is 6.92 Å². The fraction of sp³-hybridized carbons (Fsp3) is 0.417. The molecule has 1 aliphatic rings. The van der Waals surface area contributed by atoms with E-state index >= 15 is 0 Å². The quantitative estimate of drug-likeness (QED) is 0.792. The van der Waals surface area contributed by atoms with Gasteiger partial charge in [-0.25, -0.2) is 8.42 Å². The van der Waals surface area contributed by atoms with E-state index in [2.05, 4.69) is 5.32 Å². The van der Waals surface area contributed by atoms with Crippen LogP contribution in [0.4, 0.5) is 11.4 Å². The number of rotatable bonds is 3. The molecule has 104 valence electrons. The third kappa shape index (κ3) is 3.24. The Hall–Kier alpha value is -1.60. The molecule has 0 aliphatic carbocycles. The van der Waals surface area contributed by atoms with Crippen LogP contribution in [0.25, 0.3) is 0 Å². The minimum Gasteiger partial charge on any atom is -0.399 e. The maximum Gasteiger partial charge on any atom is 0.239 e. The van der Waals surface area contributed by atoms with E-state index in [-0.39, 0.29) is 18.2 Å². The summed E-state index contributed by atoms with van der Waals surface area (Å²) in [6.07, 6.45) is 0.580. The molecular weight excluding hydrogens is 266 g/mol. The molecule has 1 amide bonds. The van der Waals surface area contributed by atoms with E-state index in [0.29, 0.717) is 24.3 Å². The second-order valence-corrected chi connectivity index (χ2v) is 6.71. The van der Waals surface area contributed by atoms with Gasteiger partial charge in [0.2, 0.25) is 15.9 Å². The lowest BCUT2D eigenvalue weighted by Gasteiger charge is -2.15. The Kier molecular flexibility index (Phi) is 3.77. The molecule has 6 nitrogen and oxygen atoms in total. The zero-order chi connectivity index (χ0) is 14.0. The standard InChI is InChI=1S/C12H17N3O3S/c1-9-7-10(13)3-4-11(9)14-12(16)8-15-5-2-6-19(15,17)18/h3-4,7H,2,5-6,8,13H2,1H3,(H,14,16). The van der Waals surface area contributed by atoms with Crippen LogP contribution in [0.1, 0.15) is 12.0 Å². The van der Waals surface area contributed by atoms with Gasteiger partial charge in [0.05, 0.1) is 12.3 Å². The van der Waals surface area contributed by atoms with Gasteiger partial charge in [0.15, 0.2) is 0 Å². The van der Waals surface area contributed by atoms with Crippen LogP contribution in [0.15, 0.2) is 18.2 Å². The lowest BCUT2D eigenvalue weighted by Crippen LogP contribution is -2.34. The van der Waals surface area contributed by atoms with Gasteiger partial charge in [-0.15, -0.1) is 0 Å². The first-order valence-corrected chi connectivity index (χ1v) is 7.63. The number of hydrogen-bond donors (Lipinski definition) is 2. The van der Waals surface area contributed by atoms with Crippen molar-refractivity contribution in [1.29, 1.82) is 0 Å².